The summed E-state index contributed by atoms with van der Waals surface area (Å²) in [5.41, 5.74) is 1.00. The number of hydrogen-bond donors (Lipinski definition) is 0. The second-order valence-corrected chi connectivity index (χ2v) is 8.18. The number of aromatic nitrogens is 2. The van der Waals surface area contributed by atoms with Crippen LogP contribution in [0.4, 0.5) is 0 Å². The first-order valence-corrected chi connectivity index (χ1v) is 9.28. The minimum absolute atomic E-state index is 0.138. The minimum Gasteiger partial charge on any atom is -0.328 e. The van der Waals surface area contributed by atoms with Crippen LogP contribution in [0.15, 0.2) is 12.5 Å². The number of fused-ring (bicyclic) bond motifs is 1. The fourth-order valence-electron chi connectivity index (χ4n) is 3.05. The van der Waals surface area contributed by atoms with Crippen LogP contribution in [-0.2, 0) is 16.6 Å². The molecule has 7 heteroatoms. The van der Waals surface area contributed by atoms with Crippen molar-refractivity contribution in [2.45, 2.75) is 44.5 Å². The average molecular weight is 312 g/mol. The monoisotopic (exact) mass is 312 g/mol. The summed E-state index contributed by atoms with van der Waals surface area (Å²) >= 11 is 0. The van der Waals surface area contributed by atoms with Gasteiger partial charge >= 0.3 is 0 Å². The van der Waals surface area contributed by atoms with Gasteiger partial charge in [-0.25, -0.2) is 13.4 Å². The van der Waals surface area contributed by atoms with E-state index in [0.717, 1.165) is 38.2 Å². The largest absolute Gasteiger partial charge is 0.328 e. The van der Waals surface area contributed by atoms with Gasteiger partial charge in [0.05, 0.1) is 29.9 Å². The van der Waals surface area contributed by atoms with Crippen molar-refractivity contribution in [2.75, 3.05) is 26.2 Å². The Morgan fingerprint density at radius 3 is 2.67 bits per heavy atom. The number of nitrogens with zero attached hydrogens (tertiary/aromatic N) is 4. The molecule has 1 aliphatic carbocycles. The molecule has 1 fully saturated rings. The molecule has 3 rings (SSSR count). The van der Waals surface area contributed by atoms with Crippen molar-refractivity contribution in [2.24, 2.45) is 0 Å². The van der Waals surface area contributed by atoms with Crippen LogP contribution >= 0.6 is 0 Å². The van der Waals surface area contributed by atoms with E-state index in [1.807, 2.05) is 6.33 Å². The maximum absolute atomic E-state index is 12.5. The maximum Gasteiger partial charge on any atom is 0.217 e. The third-order valence-corrected chi connectivity index (χ3v) is 6.87. The Kier molecular flexibility index (Phi) is 4.07. The molecule has 21 heavy (non-hydrogen) atoms. The van der Waals surface area contributed by atoms with Crippen LogP contribution in [0.1, 0.15) is 38.4 Å². The Morgan fingerprint density at radius 2 is 2.05 bits per heavy atom. The number of imidazole rings is 1. The second kappa shape index (κ2) is 5.70. The molecular formula is C14H24N4O2S. The summed E-state index contributed by atoms with van der Waals surface area (Å²) in [5.74, 6) is 0. The van der Waals surface area contributed by atoms with E-state index in [0.29, 0.717) is 13.1 Å². The molecular weight excluding hydrogens is 288 g/mol. The van der Waals surface area contributed by atoms with Crippen LogP contribution < -0.4 is 0 Å². The van der Waals surface area contributed by atoms with E-state index in [1.165, 1.54) is 0 Å². The molecule has 1 atom stereocenters. The Labute approximate surface area is 126 Å². The molecule has 2 aliphatic rings. The van der Waals surface area contributed by atoms with Gasteiger partial charge in [-0.3, -0.25) is 0 Å². The number of likely N-dealkylation sites (N-methyl/N-ethyl adjacent to an activating group) is 1. The van der Waals surface area contributed by atoms with E-state index >= 15 is 0 Å². The number of sulfonamides is 1. The van der Waals surface area contributed by atoms with Crippen molar-refractivity contribution < 1.29 is 8.42 Å². The van der Waals surface area contributed by atoms with Gasteiger partial charge in [0, 0.05) is 19.3 Å². The van der Waals surface area contributed by atoms with Gasteiger partial charge in [-0.1, -0.05) is 13.8 Å². The molecule has 2 heterocycles. The van der Waals surface area contributed by atoms with Gasteiger partial charge in [0.2, 0.25) is 10.0 Å². The van der Waals surface area contributed by atoms with Crippen molar-refractivity contribution in [1.82, 2.24) is 18.8 Å². The zero-order valence-corrected chi connectivity index (χ0v) is 13.6. The first-order valence-electron chi connectivity index (χ1n) is 7.78. The fourth-order valence-corrected chi connectivity index (χ4v) is 4.89. The first-order chi connectivity index (χ1) is 10.1. The molecule has 118 valence electrons. The molecule has 0 aromatic carbocycles. The molecule has 1 aliphatic heterocycles. The standard InChI is InChI=1S/C14H24N4O2S/c1-3-16(4-2)8-13-10-17(21(19,20)14-5-6-14)9-12-7-15-11-18(12)13/h7,11,13-14H,3-6,8-10H2,1-2H3/t13-/m1/s1. The van der Waals surface area contributed by atoms with E-state index in [9.17, 15) is 8.42 Å². The Balaban J connectivity index is 1.83. The lowest BCUT2D eigenvalue weighted by Crippen LogP contribution is -2.45. The molecule has 1 saturated carbocycles. The van der Waals surface area contributed by atoms with Gasteiger partial charge in [0.25, 0.3) is 0 Å². The van der Waals surface area contributed by atoms with Crippen LogP contribution in [0, 0.1) is 0 Å². The number of rotatable bonds is 6. The number of hydrogen-bond acceptors (Lipinski definition) is 4. The Hall–Kier alpha value is -0.920. The third-order valence-electron chi connectivity index (χ3n) is 4.56. The van der Waals surface area contributed by atoms with Crippen LogP contribution in [0.3, 0.4) is 0 Å². The van der Waals surface area contributed by atoms with E-state index in [2.05, 4.69) is 28.3 Å². The summed E-state index contributed by atoms with van der Waals surface area (Å²) in [6.45, 7) is 8.14. The van der Waals surface area contributed by atoms with Crippen LogP contribution in [-0.4, -0.2) is 58.6 Å². The molecule has 0 saturated heterocycles. The average Bonchev–Trinajstić information content (AvgIpc) is 3.23. The van der Waals surface area contributed by atoms with Crippen molar-refractivity contribution >= 4 is 10.0 Å². The van der Waals surface area contributed by atoms with Gasteiger partial charge in [-0.15, -0.1) is 0 Å². The summed E-state index contributed by atoms with van der Waals surface area (Å²) in [5, 5.41) is -0.138. The summed E-state index contributed by atoms with van der Waals surface area (Å²) < 4.78 is 28.9. The van der Waals surface area contributed by atoms with Crippen LogP contribution in [0.5, 0.6) is 0 Å². The first kappa shape index (κ1) is 15.0. The molecule has 0 amide bonds. The van der Waals surface area contributed by atoms with E-state index in [1.54, 1.807) is 10.5 Å². The van der Waals surface area contributed by atoms with E-state index in [-0.39, 0.29) is 11.3 Å². The van der Waals surface area contributed by atoms with Crippen LogP contribution in [0.2, 0.25) is 0 Å². The lowest BCUT2D eigenvalue weighted by Gasteiger charge is -2.36. The van der Waals surface area contributed by atoms with Crippen molar-refractivity contribution in [3.8, 4) is 0 Å². The maximum atomic E-state index is 12.5. The Bertz CT molecular complexity index is 590. The van der Waals surface area contributed by atoms with E-state index < -0.39 is 10.0 Å². The molecule has 1 aromatic rings. The van der Waals surface area contributed by atoms with Gasteiger partial charge in [0.15, 0.2) is 0 Å². The van der Waals surface area contributed by atoms with Crippen LogP contribution in [0.25, 0.3) is 0 Å². The lowest BCUT2D eigenvalue weighted by atomic mass is 10.2. The normalized spacial score (nSPS) is 23.5. The molecule has 0 N–H and O–H groups in total. The molecule has 0 unspecified atom stereocenters. The van der Waals surface area contributed by atoms with Gasteiger partial charge in [0.1, 0.15) is 0 Å². The second-order valence-electron chi connectivity index (χ2n) is 5.97. The highest BCUT2D eigenvalue weighted by Gasteiger charge is 2.42. The molecule has 0 spiro atoms. The minimum atomic E-state index is -3.12. The van der Waals surface area contributed by atoms with Crippen molar-refractivity contribution in [3.05, 3.63) is 18.2 Å². The quantitative estimate of drug-likeness (QED) is 0.788. The summed E-state index contributed by atoms with van der Waals surface area (Å²) in [4.78, 5) is 6.55. The van der Waals surface area contributed by atoms with Crippen molar-refractivity contribution in [3.63, 3.8) is 0 Å². The zero-order valence-electron chi connectivity index (χ0n) is 12.8. The Morgan fingerprint density at radius 1 is 1.33 bits per heavy atom. The molecule has 0 radical (unpaired) electrons. The lowest BCUT2D eigenvalue weighted by molar-refractivity contribution is 0.201. The summed E-state index contributed by atoms with van der Waals surface area (Å²) in [6, 6.07) is 0.157. The predicted octanol–water partition coefficient (Wildman–Crippen LogP) is 1.07. The smallest absolute Gasteiger partial charge is 0.217 e. The summed E-state index contributed by atoms with van der Waals surface area (Å²) in [6.07, 6.45) is 5.27. The SMILES string of the molecule is CCN(CC)C[C@@H]1CN(S(=O)(=O)C2CC2)Cc2cncn21. The molecule has 0 bridgehead atoms. The van der Waals surface area contributed by atoms with Crippen molar-refractivity contribution in [1.29, 1.82) is 0 Å². The topological polar surface area (TPSA) is 58.4 Å². The van der Waals surface area contributed by atoms with Gasteiger partial charge in [-0.2, -0.15) is 4.31 Å². The predicted molar refractivity (Wildman–Crippen MR) is 81.4 cm³/mol. The highest BCUT2D eigenvalue weighted by molar-refractivity contribution is 7.90. The fraction of sp³-hybridized carbons (Fsp3) is 0.786. The molecule has 1 aromatic heterocycles. The highest BCUT2D eigenvalue weighted by Crippen LogP contribution is 2.34. The van der Waals surface area contributed by atoms with Gasteiger partial charge < -0.3 is 9.47 Å². The third kappa shape index (κ3) is 2.86. The highest BCUT2D eigenvalue weighted by atomic mass is 32.2. The molecule has 6 nitrogen and oxygen atoms in total. The van der Waals surface area contributed by atoms with E-state index in [4.69, 9.17) is 0 Å². The zero-order chi connectivity index (χ0) is 15.0. The summed E-state index contributed by atoms with van der Waals surface area (Å²) in [7, 11) is -3.12. The van der Waals surface area contributed by atoms with Gasteiger partial charge in [-0.05, 0) is 25.9 Å².